The number of para-hydroxylation sites is 1. The van der Waals surface area contributed by atoms with Gasteiger partial charge < -0.3 is 10.4 Å². The molecular weight excluding hydrogens is 270 g/mol. The molecule has 0 aliphatic heterocycles. The van der Waals surface area contributed by atoms with Crippen LogP contribution >= 0.6 is 0 Å². The highest BCUT2D eigenvalue weighted by Gasteiger charge is 2.25. The van der Waals surface area contributed by atoms with Gasteiger partial charge in [-0.25, -0.2) is 0 Å². The predicted molar refractivity (Wildman–Crippen MR) is 77.2 cm³/mol. The molecule has 1 atom stereocenters. The van der Waals surface area contributed by atoms with E-state index in [2.05, 4.69) is 5.32 Å². The van der Waals surface area contributed by atoms with Crippen LogP contribution < -0.4 is 5.32 Å². The van der Waals surface area contributed by atoms with E-state index in [0.717, 1.165) is 0 Å². The molecule has 0 fully saturated rings. The Bertz CT molecular complexity index is 667. The lowest BCUT2D eigenvalue weighted by Crippen LogP contribution is -2.35. The van der Waals surface area contributed by atoms with Crippen LogP contribution in [0, 0.1) is 0 Å². The van der Waals surface area contributed by atoms with Crippen molar-refractivity contribution in [1.29, 1.82) is 0 Å². The number of hydrogen-bond donors (Lipinski definition) is 2. The van der Waals surface area contributed by atoms with Gasteiger partial charge in [0.05, 0.1) is 5.69 Å². The number of aldehydes is 1. The van der Waals surface area contributed by atoms with Crippen molar-refractivity contribution in [2.75, 3.05) is 5.32 Å². The van der Waals surface area contributed by atoms with Gasteiger partial charge in [-0.05, 0) is 12.1 Å². The third-order valence-electron chi connectivity index (χ3n) is 2.90. The average molecular weight is 283 g/mol. The molecule has 0 aliphatic rings. The summed E-state index contributed by atoms with van der Waals surface area (Å²) >= 11 is 0. The third-order valence-corrected chi connectivity index (χ3v) is 2.90. The van der Waals surface area contributed by atoms with E-state index in [0.29, 0.717) is 6.29 Å². The number of ketones is 1. The molecule has 21 heavy (non-hydrogen) atoms. The first-order valence-electron chi connectivity index (χ1n) is 6.26. The zero-order chi connectivity index (χ0) is 15.2. The highest BCUT2D eigenvalue weighted by atomic mass is 16.3. The largest absolute Gasteiger partial charge is 0.376 e. The molecule has 2 rings (SSSR count). The number of carbonyl (C=O) groups is 3. The van der Waals surface area contributed by atoms with Gasteiger partial charge in [-0.2, -0.15) is 0 Å². The van der Waals surface area contributed by atoms with Gasteiger partial charge in [0.25, 0.3) is 5.91 Å². The van der Waals surface area contributed by atoms with Crippen molar-refractivity contribution in [3.63, 3.8) is 0 Å². The zero-order valence-corrected chi connectivity index (χ0v) is 11.0. The van der Waals surface area contributed by atoms with Gasteiger partial charge in [0.15, 0.2) is 12.4 Å². The lowest BCUT2D eigenvalue weighted by Gasteiger charge is -2.11. The summed E-state index contributed by atoms with van der Waals surface area (Å²) in [4.78, 5) is 34.7. The molecule has 0 bridgehead atoms. The molecule has 0 radical (unpaired) electrons. The summed E-state index contributed by atoms with van der Waals surface area (Å²) in [5.41, 5.74) is 0.756. The number of benzene rings is 2. The number of hydrogen-bond acceptors (Lipinski definition) is 4. The Kier molecular flexibility index (Phi) is 4.58. The number of carbonyl (C=O) groups excluding carboxylic acids is 3. The molecular formula is C16H13NO4. The third kappa shape index (κ3) is 3.40. The Morgan fingerprint density at radius 3 is 2.29 bits per heavy atom. The zero-order valence-electron chi connectivity index (χ0n) is 11.0. The van der Waals surface area contributed by atoms with E-state index < -0.39 is 17.8 Å². The van der Waals surface area contributed by atoms with Crippen molar-refractivity contribution >= 4 is 23.7 Å². The number of rotatable bonds is 5. The minimum Gasteiger partial charge on any atom is -0.376 e. The van der Waals surface area contributed by atoms with E-state index in [9.17, 15) is 19.5 Å². The second-order valence-corrected chi connectivity index (χ2v) is 4.33. The number of Topliss-reactive ketones (excluding diaryl/α,β-unsaturated/α-hetero) is 1. The smallest absolute Gasteiger partial charge is 0.261 e. The van der Waals surface area contributed by atoms with Gasteiger partial charge in [-0.1, -0.05) is 42.5 Å². The van der Waals surface area contributed by atoms with Crippen LogP contribution in [0.1, 0.15) is 20.7 Å². The molecule has 1 unspecified atom stereocenters. The number of aliphatic hydroxyl groups excluding tert-OH is 1. The fourth-order valence-corrected chi connectivity index (χ4v) is 1.79. The van der Waals surface area contributed by atoms with E-state index in [4.69, 9.17) is 0 Å². The van der Waals surface area contributed by atoms with E-state index >= 15 is 0 Å². The van der Waals surface area contributed by atoms with Crippen LogP contribution in [0.2, 0.25) is 0 Å². The van der Waals surface area contributed by atoms with Crippen LogP contribution in [0.25, 0.3) is 0 Å². The fraction of sp³-hybridized carbons (Fsp3) is 0.0625. The van der Waals surface area contributed by atoms with Crippen molar-refractivity contribution in [2.45, 2.75) is 6.10 Å². The molecule has 0 aliphatic carbocycles. The topological polar surface area (TPSA) is 83.5 Å². The van der Waals surface area contributed by atoms with Gasteiger partial charge in [-0.3, -0.25) is 14.4 Å². The first-order chi connectivity index (χ1) is 10.1. The average Bonchev–Trinajstić information content (AvgIpc) is 2.54. The highest BCUT2D eigenvalue weighted by Crippen LogP contribution is 2.13. The highest BCUT2D eigenvalue weighted by molar-refractivity contribution is 6.16. The minimum absolute atomic E-state index is 0.240. The van der Waals surface area contributed by atoms with Crippen molar-refractivity contribution in [3.05, 3.63) is 65.7 Å². The Morgan fingerprint density at radius 1 is 1.00 bits per heavy atom. The summed E-state index contributed by atoms with van der Waals surface area (Å²) < 4.78 is 0. The molecule has 0 saturated heterocycles. The number of anilines is 1. The van der Waals surface area contributed by atoms with Gasteiger partial charge in [0.1, 0.15) is 0 Å². The summed E-state index contributed by atoms with van der Waals surface area (Å²) in [6.07, 6.45) is -1.24. The lowest BCUT2D eigenvalue weighted by molar-refractivity contribution is -0.121. The number of aliphatic hydroxyl groups is 1. The maximum atomic E-state index is 12.0. The van der Waals surface area contributed by atoms with E-state index in [1.165, 1.54) is 24.3 Å². The molecule has 5 nitrogen and oxygen atoms in total. The molecule has 2 aromatic carbocycles. The van der Waals surface area contributed by atoms with Crippen molar-refractivity contribution < 1.29 is 19.5 Å². The first-order valence-corrected chi connectivity index (χ1v) is 6.26. The number of amides is 1. The van der Waals surface area contributed by atoms with Crippen LogP contribution in [0.5, 0.6) is 0 Å². The molecule has 0 spiro atoms. The monoisotopic (exact) mass is 283 g/mol. The van der Waals surface area contributed by atoms with Gasteiger partial charge in [0, 0.05) is 11.1 Å². The molecule has 0 heterocycles. The Labute approximate surface area is 121 Å². The Hall–Kier alpha value is -2.79. The van der Waals surface area contributed by atoms with Crippen LogP contribution in [-0.2, 0) is 4.79 Å². The molecule has 2 aromatic rings. The molecule has 106 valence electrons. The number of nitrogens with one attached hydrogen (secondary N) is 1. The van der Waals surface area contributed by atoms with E-state index in [-0.39, 0.29) is 16.8 Å². The van der Waals surface area contributed by atoms with Crippen LogP contribution in [0.15, 0.2) is 54.6 Å². The SMILES string of the molecule is O=Cc1ccccc1NC(=O)C(O)C(=O)c1ccccc1. The van der Waals surface area contributed by atoms with Crippen molar-refractivity contribution in [2.24, 2.45) is 0 Å². The molecule has 2 N–H and O–H groups in total. The summed E-state index contributed by atoms with van der Waals surface area (Å²) in [7, 11) is 0. The van der Waals surface area contributed by atoms with Gasteiger partial charge in [0.2, 0.25) is 5.78 Å². The van der Waals surface area contributed by atoms with Crippen molar-refractivity contribution in [1.82, 2.24) is 0 Å². The van der Waals surface area contributed by atoms with Crippen LogP contribution in [0.3, 0.4) is 0 Å². The predicted octanol–water partition coefficient (Wildman–Crippen LogP) is 1.68. The summed E-state index contributed by atoms with van der Waals surface area (Å²) in [6.45, 7) is 0. The first kappa shape index (κ1) is 14.6. The van der Waals surface area contributed by atoms with Crippen LogP contribution in [0.4, 0.5) is 5.69 Å². The van der Waals surface area contributed by atoms with Gasteiger partial charge in [-0.15, -0.1) is 0 Å². The van der Waals surface area contributed by atoms with E-state index in [1.807, 2.05) is 0 Å². The molecule has 0 aromatic heterocycles. The Balaban J connectivity index is 2.13. The summed E-state index contributed by atoms with van der Waals surface area (Å²) in [5.74, 6) is -1.57. The second-order valence-electron chi connectivity index (χ2n) is 4.33. The molecule has 1 amide bonds. The quantitative estimate of drug-likeness (QED) is 0.497. The maximum Gasteiger partial charge on any atom is 0.261 e. The van der Waals surface area contributed by atoms with Crippen LogP contribution in [-0.4, -0.2) is 29.2 Å². The molecule has 0 saturated carbocycles. The summed E-state index contributed by atoms with van der Waals surface area (Å²) in [5, 5.41) is 12.2. The second kappa shape index (κ2) is 6.58. The summed E-state index contributed by atoms with van der Waals surface area (Å²) in [6, 6.07) is 14.3. The van der Waals surface area contributed by atoms with Gasteiger partial charge >= 0.3 is 0 Å². The van der Waals surface area contributed by atoms with E-state index in [1.54, 1.807) is 30.3 Å². The normalized spacial score (nSPS) is 11.5. The Morgan fingerprint density at radius 2 is 1.62 bits per heavy atom. The minimum atomic E-state index is -1.83. The molecule has 5 heteroatoms. The lowest BCUT2D eigenvalue weighted by atomic mass is 10.1. The maximum absolute atomic E-state index is 12.0. The standard InChI is InChI=1S/C16H13NO4/c18-10-12-8-4-5-9-13(12)17-16(21)15(20)14(19)11-6-2-1-3-7-11/h1-10,15,20H,(H,17,21). The fourth-order valence-electron chi connectivity index (χ4n) is 1.79. The van der Waals surface area contributed by atoms with Crippen molar-refractivity contribution in [3.8, 4) is 0 Å².